The van der Waals surface area contributed by atoms with Crippen LogP contribution in [0.4, 0.5) is 10.5 Å². The summed E-state index contributed by atoms with van der Waals surface area (Å²) >= 11 is 0. The van der Waals surface area contributed by atoms with Gasteiger partial charge in [-0.3, -0.25) is 4.79 Å². The van der Waals surface area contributed by atoms with E-state index in [4.69, 9.17) is 14.6 Å². The van der Waals surface area contributed by atoms with Gasteiger partial charge in [-0.05, 0) is 37.8 Å². The molecule has 1 aromatic carbocycles. The minimum atomic E-state index is -0.746. The number of ether oxygens (including phenoxy) is 2. The second kappa shape index (κ2) is 6.76. The first-order chi connectivity index (χ1) is 11.1. The molecule has 0 bridgehead atoms. The highest BCUT2D eigenvalue weighted by molar-refractivity contribution is 5.89. The van der Waals surface area contributed by atoms with Crippen molar-refractivity contribution in [3.63, 3.8) is 0 Å². The molecule has 124 valence electrons. The summed E-state index contributed by atoms with van der Waals surface area (Å²) in [6.07, 6.45) is 2.58. The van der Waals surface area contributed by atoms with Crippen LogP contribution >= 0.6 is 0 Å². The molecule has 1 aliphatic carbocycles. The molecule has 3 rings (SSSR count). The number of carbonyl (C=O) groups excluding carboxylic acids is 1. The van der Waals surface area contributed by atoms with Gasteiger partial charge in [0.15, 0.2) is 11.5 Å². The molecule has 0 saturated heterocycles. The highest BCUT2D eigenvalue weighted by Crippen LogP contribution is 2.32. The van der Waals surface area contributed by atoms with Crippen LogP contribution in [0.3, 0.4) is 0 Å². The van der Waals surface area contributed by atoms with E-state index in [-0.39, 0.29) is 18.0 Å². The summed E-state index contributed by atoms with van der Waals surface area (Å²) in [6.45, 7) is 1.02. The molecule has 1 aliphatic heterocycles. The van der Waals surface area contributed by atoms with Gasteiger partial charge in [0.25, 0.3) is 0 Å². The standard InChI is InChI=1S/C16H20N2O5/c19-15(20)10-1-3-11(4-2-10)17-16(21)18-12-5-6-13-14(9-12)23-8-7-22-13/h5-6,9-11H,1-4,7-8H2,(H,19,20)(H2,17,18,21). The summed E-state index contributed by atoms with van der Waals surface area (Å²) in [7, 11) is 0. The molecule has 0 radical (unpaired) electrons. The summed E-state index contributed by atoms with van der Waals surface area (Å²) in [5.74, 6) is 0.267. The van der Waals surface area contributed by atoms with Gasteiger partial charge >= 0.3 is 12.0 Å². The first-order valence-corrected chi connectivity index (χ1v) is 7.82. The van der Waals surface area contributed by atoms with Crippen molar-refractivity contribution in [1.29, 1.82) is 0 Å². The fourth-order valence-electron chi connectivity index (χ4n) is 2.96. The zero-order valence-corrected chi connectivity index (χ0v) is 12.7. The Kier molecular flexibility index (Phi) is 4.55. The van der Waals surface area contributed by atoms with Crippen molar-refractivity contribution < 1.29 is 24.2 Å². The Morgan fingerprint density at radius 3 is 2.43 bits per heavy atom. The fraction of sp³-hybridized carbons (Fsp3) is 0.500. The second-order valence-corrected chi connectivity index (χ2v) is 5.84. The number of nitrogens with one attached hydrogen (secondary N) is 2. The quantitative estimate of drug-likeness (QED) is 0.793. The highest BCUT2D eigenvalue weighted by atomic mass is 16.6. The Morgan fingerprint density at radius 2 is 1.74 bits per heavy atom. The highest BCUT2D eigenvalue weighted by Gasteiger charge is 2.26. The number of benzene rings is 1. The summed E-state index contributed by atoms with van der Waals surface area (Å²) < 4.78 is 10.9. The number of fused-ring (bicyclic) bond motifs is 1. The van der Waals surface area contributed by atoms with E-state index in [0.29, 0.717) is 56.1 Å². The third-order valence-corrected chi connectivity index (χ3v) is 4.21. The molecule has 23 heavy (non-hydrogen) atoms. The molecule has 7 heteroatoms. The average molecular weight is 320 g/mol. The van der Waals surface area contributed by atoms with E-state index in [1.807, 2.05) is 0 Å². The minimum Gasteiger partial charge on any atom is -0.486 e. The van der Waals surface area contributed by atoms with Crippen molar-refractivity contribution in [2.75, 3.05) is 18.5 Å². The van der Waals surface area contributed by atoms with E-state index in [1.54, 1.807) is 18.2 Å². The zero-order chi connectivity index (χ0) is 16.2. The largest absolute Gasteiger partial charge is 0.486 e. The van der Waals surface area contributed by atoms with Crippen LogP contribution < -0.4 is 20.1 Å². The van der Waals surface area contributed by atoms with Crippen LogP contribution in [0.5, 0.6) is 11.5 Å². The van der Waals surface area contributed by atoms with E-state index < -0.39 is 5.97 Å². The number of carbonyl (C=O) groups is 2. The van der Waals surface area contributed by atoms with Crippen molar-refractivity contribution in [3.05, 3.63) is 18.2 Å². The summed E-state index contributed by atoms with van der Waals surface area (Å²) in [4.78, 5) is 23.0. The summed E-state index contributed by atoms with van der Waals surface area (Å²) in [5.41, 5.74) is 0.631. The van der Waals surface area contributed by atoms with Crippen LogP contribution in [0.2, 0.25) is 0 Å². The number of anilines is 1. The normalized spacial score (nSPS) is 23.0. The minimum absolute atomic E-state index is 0.0165. The number of hydrogen-bond donors (Lipinski definition) is 3. The molecule has 2 amide bonds. The number of amides is 2. The first kappa shape index (κ1) is 15.5. The molecule has 1 heterocycles. The molecule has 2 aliphatic rings. The number of carboxylic acids is 1. The van der Waals surface area contributed by atoms with Crippen LogP contribution in [0.15, 0.2) is 18.2 Å². The molecule has 1 saturated carbocycles. The predicted molar refractivity (Wildman–Crippen MR) is 83.0 cm³/mol. The Morgan fingerprint density at radius 1 is 1.04 bits per heavy atom. The number of rotatable bonds is 3. The summed E-state index contributed by atoms with van der Waals surface area (Å²) in [6, 6.07) is 4.98. The van der Waals surface area contributed by atoms with Crippen LogP contribution in [-0.4, -0.2) is 36.4 Å². The van der Waals surface area contributed by atoms with Crippen molar-refractivity contribution in [3.8, 4) is 11.5 Å². The third kappa shape index (κ3) is 3.85. The van der Waals surface area contributed by atoms with Crippen LogP contribution in [0.1, 0.15) is 25.7 Å². The molecule has 7 nitrogen and oxygen atoms in total. The Hall–Kier alpha value is -2.44. The van der Waals surface area contributed by atoms with Crippen LogP contribution in [-0.2, 0) is 4.79 Å². The lowest BCUT2D eigenvalue weighted by Gasteiger charge is -2.27. The molecule has 0 atom stereocenters. The Bertz CT molecular complexity index is 596. The topological polar surface area (TPSA) is 96.9 Å². The zero-order valence-electron chi connectivity index (χ0n) is 12.7. The molecule has 1 aromatic rings. The first-order valence-electron chi connectivity index (χ1n) is 7.82. The smallest absolute Gasteiger partial charge is 0.319 e. The maximum absolute atomic E-state index is 12.1. The SMILES string of the molecule is O=C(Nc1ccc2c(c1)OCCO2)NC1CCC(C(=O)O)CC1. The van der Waals surface area contributed by atoms with Crippen LogP contribution in [0.25, 0.3) is 0 Å². The fourth-order valence-corrected chi connectivity index (χ4v) is 2.96. The van der Waals surface area contributed by atoms with E-state index in [2.05, 4.69) is 10.6 Å². The van der Waals surface area contributed by atoms with E-state index >= 15 is 0 Å². The second-order valence-electron chi connectivity index (χ2n) is 5.84. The molecule has 3 N–H and O–H groups in total. The maximum Gasteiger partial charge on any atom is 0.319 e. The van der Waals surface area contributed by atoms with Gasteiger partial charge in [0, 0.05) is 17.8 Å². The van der Waals surface area contributed by atoms with Gasteiger partial charge in [0.2, 0.25) is 0 Å². The Balaban J connectivity index is 1.51. The molecule has 0 spiro atoms. The van der Waals surface area contributed by atoms with Crippen LogP contribution in [0, 0.1) is 5.92 Å². The monoisotopic (exact) mass is 320 g/mol. The Labute approximate surface area is 134 Å². The van der Waals surface area contributed by atoms with E-state index in [0.717, 1.165) is 0 Å². The van der Waals surface area contributed by atoms with Gasteiger partial charge in [0.1, 0.15) is 13.2 Å². The van der Waals surface area contributed by atoms with Gasteiger partial charge in [-0.1, -0.05) is 0 Å². The lowest BCUT2D eigenvalue weighted by molar-refractivity contribution is -0.142. The van der Waals surface area contributed by atoms with E-state index in [1.165, 1.54) is 0 Å². The molecule has 1 fully saturated rings. The van der Waals surface area contributed by atoms with Crippen molar-refractivity contribution in [2.24, 2.45) is 5.92 Å². The average Bonchev–Trinajstić information content (AvgIpc) is 2.55. The summed E-state index contributed by atoms with van der Waals surface area (Å²) in [5, 5.41) is 14.6. The van der Waals surface area contributed by atoms with E-state index in [9.17, 15) is 9.59 Å². The van der Waals surface area contributed by atoms with Crippen molar-refractivity contribution in [1.82, 2.24) is 5.32 Å². The third-order valence-electron chi connectivity index (χ3n) is 4.21. The predicted octanol–water partition coefficient (Wildman–Crippen LogP) is 2.22. The van der Waals surface area contributed by atoms with Crippen molar-refractivity contribution >= 4 is 17.7 Å². The van der Waals surface area contributed by atoms with Gasteiger partial charge in [-0.15, -0.1) is 0 Å². The number of carboxylic acid groups (broad SMARTS) is 1. The van der Waals surface area contributed by atoms with Crippen molar-refractivity contribution in [2.45, 2.75) is 31.7 Å². The molecule has 0 unspecified atom stereocenters. The number of urea groups is 1. The van der Waals surface area contributed by atoms with Gasteiger partial charge in [-0.25, -0.2) is 4.79 Å². The molecule has 0 aromatic heterocycles. The molecular weight excluding hydrogens is 300 g/mol. The number of hydrogen-bond acceptors (Lipinski definition) is 4. The maximum atomic E-state index is 12.1. The number of aliphatic carboxylic acids is 1. The van der Waals surface area contributed by atoms with Gasteiger partial charge in [-0.2, -0.15) is 0 Å². The lowest BCUT2D eigenvalue weighted by atomic mass is 9.86. The van der Waals surface area contributed by atoms with Gasteiger partial charge < -0.3 is 25.2 Å². The lowest BCUT2D eigenvalue weighted by Crippen LogP contribution is -2.41. The molecular formula is C16H20N2O5. The van der Waals surface area contributed by atoms with Gasteiger partial charge in [0.05, 0.1) is 5.92 Å².